The third-order valence-corrected chi connectivity index (χ3v) is 7.78. The minimum absolute atomic E-state index is 0.169. The summed E-state index contributed by atoms with van der Waals surface area (Å²) in [7, 11) is -3.81. The van der Waals surface area contributed by atoms with E-state index in [0.717, 1.165) is 35.7 Å². The van der Waals surface area contributed by atoms with E-state index in [1.165, 1.54) is 4.31 Å². The maximum atomic E-state index is 13.4. The molecule has 2 aromatic carbocycles. The molecule has 30 heavy (non-hydrogen) atoms. The number of ether oxygens (including phenoxy) is 1. The highest BCUT2D eigenvalue weighted by Crippen LogP contribution is 2.28. The van der Waals surface area contributed by atoms with Crippen LogP contribution in [0.3, 0.4) is 0 Å². The van der Waals surface area contributed by atoms with Gasteiger partial charge in [0.05, 0.1) is 18.0 Å². The zero-order valence-electron chi connectivity index (χ0n) is 17.0. The second-order valence-corrected chi connectivity index (χ2v) is 10.4. The second-order valence-electron chi connectivity index (χ2n) is 7.30. The van der Waals surface area contributed by atoms with Gasteiger partial charge < -0.3 is 10.1 Å². The Balaban J connectivity index is 1.81. The average Bonchev–Trinajstić information content (AvgIpc) is 2.75. The molecule has 1 saturated carbocycles. The normalized spacial score (nSPS) is 15.2. The largest absolute Gasteiger partial charge is 0.494 e. The molecule has 1 N–H and O–H groups in total. The zero-order valence-corrected chi connectivity index (χ0v) is 20.0. The van der Waals surface area contributed by atoms with Gasteiger partial charge in [0, 0.05) is 15.3 Å². The number of halogens is 1. The number of anilines is 1. The highest BCUT2D eigenvalue weighted by atomic mass is 127. The number of carbonyl (C=O) groups excluding carboxylic acids is 1. The fourth-order valence-corrected chi connectivity index (χ4v) is 5.67. The van der Waals surface area contributed by atoms with E-state index in [-0.39, 0.29) is 23.4 Å². The summed E-state index contributed by atoms with van der Waals surface area (Å²) in [5, 5.41) is 2.82. The molecular formula is C22H27IN2O4S. The summed E-state index contributed by atoms with van der Waals surface area (Å²) < 4.78 is 34.7. The van der Waals surface area contributed by atoms with Crippen molar-refractivity contribution in [3.05, 3.63) is 52.1 Å². The van der Waals surface area contributed by atoms with Crippen molar-refractivity contribution >= 4 is 44.2 Å². The Hall–Kier alpha value is -1.65. The van der Waals surface area contributed by atoms with Crippen molar-refractivity contribution < 1.29 is 17.9 Å². The van der Waals surface area contributed by atoms with Gasteiger partial charge in [-0.25, -0.2) is 8.42 Å². The lowest BCUT2D eigenvalue weighted by Gasteiger charge is -2.33. The van der Waals surface area contributed by atoms with Crippen molar-refractivity contribution in [2.24, 2.45) is 0 Å². The molecule has 2 aromatic rings. The molecule has 0 unspecified atom stereocenters. The smallest absolute Gasteiger partial charge is 0.243 e. The summed E-state index contributed by atoms with van der Waals surface area (Å²) in [4.78, 5) is 12.9. The van der Waals surface area contributed by atoms with Crippen molar-refractivity contribution in [2.45, 2.75) is 50.0 Å². The fourth-order valence-electron chi connectivity index (χ4n) is 3.66. The standard InChI is InChI=1S/C22H27IN2O4S/c1-2-29-20-12-14-21(15-13-20)30(27,28)25(19-6-4-3-5-7-19)16-22(26)24-18-10-8-17(23)9-11-18/h8-15,19H,2-7,16H2,1H3,(H,24,26). The lowest BCUT2D eigenvalue weighted by molar-refractivity contribution is -0.116. The summed E-state index contributed by atoms with van der Waals surface area (Å²) in [6.07, 6.45) is 4.58. The molecule has 8 heteroatoms. The number of hydrogen-bond acceptors (Lipinski definition) is 4. The minimum atomic E-state index is -3.81. The zero-order chi connectivity index (χ0) is 21.6. The van der Waals surface area contributed by atoms with Crippen LogP contribution in [0.1, 0.15) is 39.0 Å². The average molecular weight is 542 g/mol. The molecule has 0 aromatic heterocycles. The van der Waals surface area contributed by atoms with Gasteiger partial charge in [-0.1, -0.05) is 19.3 Å². The van der Waals surface area contributed by atoms with Crippen molar-refractivity contribution in [1.29, 1.82) is 0 Å². The molecule has 1 fully saturated rings. The number of amides is 1. The van der Waals surface area contributed by atoms with E-state index in [4.69, 9.17) is 4.74 Å². The molecular weight excluding hydrogens is 515 g/mol. The van der Waals surface area contributed by atoms with Crippen LogP contribution in [-0.4, -0.2) is 37.8 Å². The molecule has 0 bridgehead atoms. The molecule has 162 valence electrons. The maximum Gasteiger partial charge on any atom is 0.243 e. The van der Waals surface area contributed by atoms with E-state index >= 15 is 0 Å². The first-order valence-electron chi connectivity index (χ1n) is 10.2. The number of carbonyl (C=O) groups is 1. The van der Waals surface area contributed by atoms with E-state index in [9.17, 15) is 13.2 Å². The summed E-state index contributed by atoms with van der Waals surface area (Å²) in [5.41, 5.74) is 0.655. The van der Waals surface area contributed by atoms with Crippen molar-refractivity contribution in [3.8, 4) is 5.75 Å². The number of hydrogen-bond donors (Lipinski definition) is 1. The van der Waals surface area contributed by atoms with Gasteiger partial charge in [0.25, 0.3) is 0 Å². The summed E-state index contributed by atoms with van der Waals surface area (Å²) in [5.74, 6) is 0.286. The lowest BCUT2D eigenvalue weighted by Crippen LogP contribution is -2.45. The minimum Gasteiger partial charge on any atom is -0.494 e. The van der Waals surface area contributed by atoms with E-state index in [0.29, 0.717) is 18.0 Å². The molecule has 1 amide bonds. The third kappa shape index (κ3) is 5.95. The first-order chi connectivity index (χ1) is 14.4. The Morgan fingerprint density at radius 3 is 2.30 bits per heavy atom. The van der Waals surface area contributed by atoms with Gasteiger partial charge in [-0.2, -0.15) is 4.31 Å². The van der Waals surface area contributed by atoms with E-state index in [2.05, 4.69) is 27.9 Å². The van der Waals surface area contributed by atoms with Crippen molar-refractivity contribution in [1.82, 2.24) is 4.31 Å². The number of nitrogens with one attached hydrogen (secondary N) is 1. The summed E-state index contributed by atoms with van der Waals surface area (Å²) in [6.45, 7) is 2.19. The van der Waals surface area contributed by atoms with Crippen molar-refractivity contribution in [2.75, 3.05) is 18.5 Å². The van der Waals surface area contributed by atoms with E-state index in [1.807, 2.05) is 31.2 Å². The van der Waals surface area contributed by atoms with Crippen LogP contribution < -0.4 is 10.1 Å². The molecule has 3 rings (SSSR count). The number of benzene rings is 2. The Kier molecular flexibility index (Phi) is 8.13. The van der Waals surface area contributed by atoms with Gasteiger partial charge in [0.1, 0.15) is 5.75 Å². The Morgan fingerprint density at radius 1 is 1.07 bits per heavy atom. The number of sulfonamides is 1. The predicted molar refractivity (Wildman–Crippen MR) is 126 cm³/mol. The van der Waals surface area contributed by atoms with Gasteiger partial charge in [-0.3, -0.25) is 4.79 Å². The Morgan fingerprint density at radius 2 is 1.70 bits per heavy atom. The van der Waals surface area contributed by atoms with Crippen LogP contribution in [0.25, 0.3) is 0 Å². The first-order valence-corrected chi connectivity index (χ1v) is 12.7. The SMILES string of the molecule is CCOc1ccc(S(=O)(=O)N(CC(=O)Nc2ccc(I)cc2)C2CCCCC2)cc1. The first kappa shape index (κ1) is 23.0. The number of nitrogens with zero attached hydrogens (tertiary/aromatic N) is 1. The fraction of sp³-hybridized carbons (Fsp3) is 0.409. The third-order valence-electron chi connectivity index (χ3n) is 5.15. The molecule has 6 nitrogen and oxygen atoms in total. The second kappa shape index (κ2) is 10.6. The maximum absolute atomic E-state index is 13.4. The highest BCUT2D eigenvalue weighted by molar-refractivity contribution is 14.1. The monoisotopic (exact) mass is 542 g/mol. The van der Waals surface area contributed by atoms with Crippen LogP contribution in [0.4, 0.5) is 5.69 Å². The van der Waals surface area contributed by atoms with Crippen LogP contribution >= 0.6 is 22.6 Å². The summed E-state index contributed by atoms with van der Waals surface area (Å²) >= 11 is 2.19. The molecule has 0 heterocycles. The van der Waals surface area contributed by atoms with Crippen LogP contribution in [-0.2, 0) is 14.8 Å². The summed E-state index contributed by atoms with van der Waals surface area (Å²) in [6, 6.07) is 13.6. The van der Waals surface area contributed by atoms with E-state index < -0.39 is 10.0 Å². The van der Waals surface area contributed by atoms with Gasteiger partial charge in [0.15, 0.2) is 0 Å². The molecule has 1 aliphatic carbocycles. The number of rotatable bonds is 8. The lowest BCUT2D eigenvalue weighted by atomic mass is 9.95. The van der Waals surface area contributed by atoms with Gasteiger partial charge in [-0.15, -0.1) is 0 Å². The predicted octanol–water partition coefficient (Wildman–Crippen LogP) is 4.65. The highest BCUT2D eigenvalue weighted by Gasteiger charge is 2.34. The van der Waals surface area contributed by atoms with Gasteiger partial charge >= 0.3 is 0 Å². The quantitative estimate of drug-likeness (QED) is 0.493. The Labute approximate surface area is 192 Å². The Bertz CT molecular complexity index is 940. The molecule has 1 aliphatic rings. The van der Waals surface area contributed by atoms with Crippen LogP contribution in [0.5, 0.6) is 5.75 Å². The van der Waals surface area contributed by atoms with Gasteiger partial charge in [-0.05, 0) is 90.9 Å². The molecule has 0 spiro atoms. The van der Waals surface area contributed by atoms with Crippen LogP contribution in [0.2, 0.25) is 0 Å². The van der Waals surface area contributed by atoms with Crippen LogP contribution in [0, 0.1) is 3.57 Å². The van der Waals surface area contributed by atoms with Gasteiger partial charge in [0.2, 0.25) is 15.9 Å². The van der Waals surface area contributed by atoms with Crippen molar-refractivity contribution in [3.63, 3.8) is 0 Å². The topological polar surface area (TPSA) is 75.7 Å². The van der Waals surface area contributed by atoms with E-state index in [1.54, 1.807) is 24.3 Å². The molecule has 0 atom stereocenters. The molecule has 0 aliphatic heterocycles. The van der Waals surface area contributed by atoms with Crippen LogP contribution in [0.15, 0.2) is 53.4 Å². The molecule has 0 radical (unpaired) electrons. The molecule has 0 saturated heterocycles.